The lowest BCUT2D eigenvalue weighted by molar-refractivity contribution is -0.384. The van der Waals surface area contributed by atoms with Crippen LogP contribution in [-0.2, 0) is 13.0 Å². The molecule has 0 saturated carbocycles. The molecule has 0 saturated heterocycles. The van der Waals surface area contributed by atoms with Gasteiger partial charge in [-0.1, -0.05) is 11.2 Å². The fourth-order valence-corrected chi connectivity index (χ4v) is 2.40. The molecule has 0 radical (unpaired) electrons. The smallest absolute Gasteiger partial charge is 0.271 e. The number of aromatic nitrogens is 1. The van der Waals surface area contributed by atoms with Gasteiger partial charge in [0.2, 0.25) is 0 Å². The first kappa shape index (κ1) is 11.7. The van der Waals surface area contributed by atoms with Crippen LogP contribution in [0.25, 0.3) is 0 Å². The van der Waals surface area contributed by atoms with Gasteiger partial charge in [0.25, 0.3) is 5.69 Å². The van der Waals surface area contributed by atoms with Crippen LogP contribution in [0.5, 0.6) is 0 Å². The maximum Gasteiger partial charge on any atom is 0.271 e. The molecule has 0 bridgehead atoms. The van der Waals surface area contributed by atoms with E-state index in [9.17, 15) is 10.1 Å². The molecule has 0 aliphatic carbocycles. The Morgan fingerprint density at radius 2 is 2.32 bits per heavy atom. The summed E-state index contributed by atoms with van der Waals surface area (Å²) in [5, 5.41) is 14.8. The number of non-ortho nitro benzene ring substituents is 1. The van der Waals surface area contributed by atoms with Crippen LogP contribution in [0.1, 0.15) is 17.0 Å². The van der Waals surface area contributed by atoms with Crippen molar-refractivity contribution in [3.05, 3.63) is 51.4 Å². The molecule has 6 heteroatoms. The predicted octanol–water partition coefficient (Wildman–Crippen LogP) is 2.45. The average molecular weight is 259 g/mol. The van der Waals surface area contributed by atoms with Crippen molar-refractivity contribution in [2.45, 2.75) is 19.9 Å². The zero-order valence-corrected chi connectivity index (χ0v) is 10.5. The Balaban J connectivity index is 1.88. The van der Waals surface area contributed by atoms with Gasteiger partial charge in [-0.05, 0) is 18.9 Å². The number of hydrogen-bond acceptors (Lipinski definition) is 5. The van der Waals surface area contributed by atoms with E-state index in [0.717, 1.165) is 35.7 Å². The second-order valence-electron chi connectivity index (χ2n) is 4.67. The highest BCUT2D eigenvalue weighted by atomic mass is 16.6. The van der Waals surface area contributed by atoms with E-state index in [-0.39, 0.29) is 10.6 Å². The topological polar surface area (TPSA) is 72.4 Å². The van der Waals surface area contributed by atoms with E-state index >= 15 is 0 Å². The Hall–Kier alpha value is -2.37. The van der Waals surface area contributed by atoms with Crippen LogP contribution in [0.15, 0.2) is 28.8 Å². The second-order valence-corrected chi connectivity index (χ2v) is 4.67. The van der Waals surface area contributed by atoms with Gasteiger partial charge in [-0.2, -0.15) is 0 Å². The zero-order valence-electron chi connectivity index (χ0n) is 10.5. The molecule has 2 heterocycles. The Labute approximate surface area is 109 Å². The third-order valence-corrected chi connectivity index (χ3v) is 3.30. The highest BCUT2D eigenvalue weighted by molar-refractivity contribution is 5.62. The number of rotatable bonds is 3. The number of benzene rings is 1. The van der Waals surface area contributed by atoms with Crippen molar-refractivity contribution >= 4 is 11.4 Å². The molecule has 0 atom stereocenters. The van der Waals surface area contributed by atoms with Gasteiger partial charge in [-0.3, -0.25) is 10.1 Å². The van der Waals surface area contributed by atoms with Crippen LogP contribution in [-0.4, -0.2) is 16.6 Å². The van der Waals surface area contributed by atoms with E-state index < -0.39 is 0 Å². The lowest BCUT2D eigenvalue weighted by Crippen LogP contribution is -2.19. The Kier molecular flexibility index (Phi) is 2.70. The predicted molar refractivity (Wildman–Crippen MR) is 69.1 cm³/mol. The molecule has 1 aliphatic rings. The first-order valence-electron chi connectivity index (χ1n) is 6.08. The lowest BCUT2D eigenvalue weighted by Gasteiger charge is -2.17. The van der Waals surface area contributed by atoms with Crippen LogP contribution in [0.4, 0.5) is 11.4 Å². The van der Waals surface area contributed by atoms with E-state index in [1.54, 1.807) is 12.1 Å². The summed E-state index contributed by atoms with van der Waals surface area (Å²) in [4.78, 5) is 12.6. The maximum absolute atomic E-state index is 10.8. The van der Waals surface area contributed by atoms with Gasteiger partial charge in [-0.25, -0.2) is 0 Å². The van der Waals surface area contributed by atoms with Crippen LogP contribution in [0.3, 0.4) is 0 Å². The van der Waals surface area contributed by atoms with Crippen molar-refractivity contribution in [2.24, 2.45) is 0 Å². The molecule has 98 valence electrons. The summed E-state index contributed by atoms with van der Waals surface area (Å²) in [7, 11) is 0. The molecule has 19 heavy (non-hydrogen) atoms. The fourth-order valence-electron chi connectivity index (χ4n) is 2.40. The highest BCUT2D eigenvalue weighted by Gasteiger charge is 2.22. The molecule has 0 unspecified atom stereocenters. The van der Waals surface area contributed by atoms with Gasteiger partial charge in [0.15, 0.2) is 0 Å². The molecule has 0 spiro atoms. The summed E-state index contributed by atoms with van der Waals surface area (Å²) in [6.45, 7) is 3.31. The highest BCUT2D eigenvalue weighted by Crippen LogP contribution is 2.32. The van der Waals surface area contributed by atoms with Gasteiger partial charge < -0.3 is 9.42 Å². The van der Waals surface area contributed by atoms with Crippen molar-refractivity contribution in [1.29, 1.82) is 0 Å². The van der Waals surface area contributed by atoms with E-state index in [4.69, 9.17) is 4.52 Å². The van der Waals surface area contributed by atoms with Crippen molar-refractivity contribution in [3.63, 3.8) is 0 Å². The maximum atomic E-state index is 10.8. The summed E-state index contributed by atoms with van der Waals surface area (Å²) in [5.74, 6) is 0.772. The molecule has 2 aromatic rings. The number of fused-ring (bicyclic) bond motifs is 1. The molecule has 1 aliphatic heterocycles. The molecule has 0 fully saturated rings. The van der Waals surface area contributed by atoms with Crippen molar-refractivity contribution in [3.8, 4) is 0 Å². The van der Waals surface area contributed by atoms with Crippen molar-refractivity contribution in [2.75, 3.05) is 11.4 Å². The second kappa shape index (κ2) is 4.38. The first-order valence-corrected chi connectivity index (χ1v) is 6.08. The van der Waals surface area contributed by atoms with Crippen LogP contribution >= 0.6 is 0 Å². The van der Waals surface area contributed by atoms with Crippen LogP contribution in [0, 0.1) is 17.0 Å². The molecule has 0 amide bonds. The SMILES string of the molecule is Cc1cc(CN2CCc3ccc([N+](=O)[O-])cc32)no1. The Morgan fingerprint density at radius 1 is 1.47 bits per heavy atom. The van der Waals surface area contributed by atoms with Gasteiger partial charge >= 0.3 is 0 Å². The largest absolute Gasteiger partial charge is 0.365 e. The normalized spacial score (nSPS) is 13.6. The number of aryl methyl sites for hydroxylation is 1. The van der Waals surface area contributed by atoms with E-state index in [1.165, 1.54) is 0 Å². The Bertz CT molecular complexity index is 636. The monoisotopic (exact) mass is 259 g/mol. The summed E-state index contributed by atoms with van der Waals surface area (Å²) < 4.78 is 5.04. The van der Waals surface area contributed by atoms with Crippen LogP contribution in [0.2, 0.25) is 0 Å². The minimum absolute atomic E-state index is 0.127. The molecule has 0 N–H and O–H groups in total. The zero-order chi connectivity index (χ0) is 13.4. The van der Waals surface area contributed by atoms with Gasteiger partial charge in [0, 0.05) is 30.4 Å². The standard InChI is InChI=1S/C13H13N3O3/c1-9-6-11(14-19-9)8-15-5-4-10-2-3-12(16(17)18)7-13(10)15/h2-3,6-7H,4-5,8H2,1H3. The van der Waals surface area contributed by atoms with Gasteiger partial charge in [0.1, 0.15) is 11.5 Å². The Morgan fingerprint density at radius 3 is 3.00 bits per heavy atom. The van der Waals surface area contributed by atoms with Gasteiger partial charge in [0.05, 0.1) is 11.5 Å². The number of nitro benzene ring substituents is 1. The van der Waals surface area contributed by atoms with E-state index in [1.807, 2.05) is 19.1 Å². The summed E-state index contributed by atoms with van der Waals surface area (Å²) in [6.07, 6.45) is 0.907. The quantitative estimate of drug-likeness (QED) is 0.625. The molecular formula is C13H13N3O3. The molecule has 1 aromatic heterocycles. The average Bonchev–Trinajstić information content (AvgIpc) is 2.96. The van der Waals surface area contributed by atoms with E-state index in [0.29, 0.717) is 6.54 Å². The molecular weight excluding hydrogens is 246 g/mol. The summed E-state index contributed by atoms with van der Waals surface area (Å²) >= 11 is 0. The minimum Gasteiger partial charge on any atom is -0.365 e. The number of anilines is 1. The van der Waals surface area contributed by atoms with Gasteiger partial charge in [-0.15, -0.1) is 0 Å². The van der Waals surface area contributed by atoms with Crippen molar-refractivity contribution < 1.29 is 9.45 Å². The third-order valence-electron chi connectivity index (χ3n) is 3.30. The number of hydrogen-bond donors (Lipinski definition) is 0. The van der Waals surface area contributed by atoms with Crippen LogP contribution < -0.4 is 4.90 Å². The summed E-state index contributed by atoms with van der Waals surface area (Å²) in [6, 6.07) is 6.91. The first-order chi connectivity index (χ1) is 9.13. The lowest BCUT2D eigenvalue weighted by atomic mass is 10.1. The molecule has 6 nitrogen and oxygen atoms in total. The minimum atomic E-state index is -0.364. The number of nitrogens with zero attached hydrogens (tertiary/aromatic N) is 3. The fraction of sp³-hybridized carbons (Fsp3) is 0.308. The van der Waals surface area contributed by atoms with Crippen molar-refractivity contribution in [1.82, 2.24) is 5.16 Å². The number of nitro groups is 1. The summed E-state index contributed by atoms with van der Waals surface area (Å²) in [5.41, 5.74) is 3.04. The molecule has 1 aromatic carbocycles. The molecule has 3 rings (SSSR count). The third kappa shape index (κ3) is 2.16. The van der Waals surface area contributed by atoms with E-state index in [2.05, 4.69) is 10.1 Å².